The predicted octanol–water partition coefficient (Wildman–Crippen LogP) is 3.72. The molecular formula is C19H25NO3S. The molecule has 130 valence electrons. The van der Waals surface area contributed by atoms with Crippen LogP contribution in [0, 0.1) is 0 Å². The lowest BCUT2D eigenvalue weighted by atomic mass is 9.92. The maximum atomic E-state index is 13.0. The Morgan fingerprint density at radius 2 is 1.96 bits per heavy atom. The maximum absolute atomic E-state index is 13.0. The standard InChI is InChI=1S/C19H25NO3S/c1-5-24-12-11-16(21)19(3,4)20-13-23-14(2)17(18(20)22)15-9-7-6-8-10-15/h6-10H,5,11-13H2,1-4H3. The van der Waals surface area contributed by atoms with Gasteiger partial charge in [0.15, 0.2) is 12.5 Å². The van der Waals surface area contributed by atoms with Gasteiger partial charge in [-0.3, -0.25) is 14.5 Å². The Labute approximate surface area is 148 Å². The first-order valence-electron chi connectivity index (χ1n) is 8.21. The van der Waals surface area contributed by atoms with E-state index in [1.807, 2.05) is 30.3 Å². The fraction of sp³-hybridized carbons (Fsp3) is 0.474. The minimum absolute atomic E-state index is 0.0624. The van der Waals surface area contributed by atoms with E-state index in [1.165, 1.54) is 0 Å². The highest BCUT2D eigenvalue weighted by molar-refractivity contribution is 7.99. The lowest BCUT2D eigenvalue weighted by Gasteiger charge is -2.40. The lowest BCUT2D eigenvalue weighted by Crippen LogP contribution is -2.55. The SMILES string of the molecule is CCSCCC(=O)C(C)(C)N1COC(C)=C(c2ccccc2)C1=O. The van der Waals surface area contributed by atoms with Crippen molar-refractivity contribution in [1.29, 1.82) is 0 Å². The van der Waals surface area contributed by atoms with Gasteiger partial charge in [0.1, 0.15) is 5.76 Å². The van der Waals surface area contributed by atoms with Crippen molar-refractivity contribution in [3.63, 3.8) is 0 Å². The number of carbonyl (C=O) groups excluding carboxylic acids is 2. The Hall–Kier alpha value is -1.75. The number of benzene rings is 1. The largest absolute Gasteiger partial charge is 0.477 e. The molecule has 1 heterocycles. The van der Waals surface area contributed by atoms with Crippen molar-refractivity contribution in [1.82, 2.24) is 4.90 Å². The van der Waals surface area contributed by atoms with Gasteiger partial charge in [0.25, 0.3) is 5.91 Å². The van der Waals surface area contributed by atoms with Crippen LogP contribution in [0.1, 0.15) is 39.7 Å². The highest BCUT2D eigenvalue weighted by Crippen LogP contribution is 2.31. The summed E-state index contributed by atoms with van der Waals surface area (Å²) < 4.78 is 5.72. The number of carbonyl (C=O) groups is 2. The number of nitrogens with zero attached hydrogens (tertiary/aromatic N) is 1. The summed E-state index contributed by atoms with van der Waals surface area (Å²) in [6, 6.07) is 9.46. The third-order valence-electron chi connectivity index (χ3n) is 4.32. The van der Waals surface area contributed by atoms with Crippen LogP contribution in [0.4, 0.5) is 0 Å². The number of ether oxygens (including phenoxy) is 1. The molecule has 0 spiro atoms. The molecule has 24 heavy (non-hydrogen) atoms. The van der Waals surface area contributed by atoms with E-state index in [4.69, 9.17) is 4.74 Å². The molecule has 0 saturated carbocycles. The van der Waals surface area contributed by atoms with E-state index in [0.717, 1.165) is 17.1 Å². The number of rotatable bonds is 7. The third kappa shape index (κ3) is 3.83. The number of allylic oxidation sites excluding steroid dienone is 1. The molecule has 0 aliphatic carbocycles. The average molecular weight is 347 g/mol. The molecule has 0 saturated heterocycles. The van der Waals surface area contributed by atoms with Crippen LogP contribution in [0.3, 0.4) is 0 Å². The molecule has 0 bridgehead atoms. The fourth-order valence-electron chi connectivity index (χ4n) is 2.69. The monoisotopic (exact) mass is 347 g/mol. The molecular weight excluding hydrogens is 322 g/mol. The Bertz CT molecular complexity index is 637. The van der Waals surface area contributed by atoms with Gasteiger partial charge in [-0.1, -0.05) is 37.3 Å². The molecule has 1 aliphatic rings. The molecule has 1 aromatic rings. The van der Waals surface area contributed by atoms with Crippen LogP contribution in [0.25, 0.3) is 5.57 Å². The molecule has 5 heteroatoms. The number of hydrogen-bond donors (Lipinski definition) is 0. The van der Waals surface area contributed by atoms with E-state index in [0.29, 0.717) is 17.8 Å². The highest BCUT2D eigenvalue weighted by atomic mass is 32.2. The molecule has 0 aromatic heterocycles. The summed E-state index contributed by atoms with van der Waals surface area (Å²) in [5, 5.41) is 0. The molecule has 1 amide bonds. The summed E-state index contributed by atoms with van der Waals surface area (Å²) in [7, 11) is 0. The smallest absolute Gasteiger partial charge is 0.261 e. The average Bonchev–Trinajstić information content (AvgIpc) is 2.55. The number of ketones is 1. The van der Waals surface area contributed by atoms with E-state index < -0.39 is 5.54 Å². The molecule has 2 rings (SSSR count). The first-order chi connectivity index (χ1) is 11.4. The van der Waals surface area contributed by atoms with Crippen LogP contribution in [0.15, 0.2) is 36.1 Å². The minimum atomic E-state index is -0.883. The van der Waals surface area contributed by atoms with Crippen molar-refractivity contribution in [2.75, 3.05) is 18.2 Å². The number of Topliss-reactive ketones (excluding diaryl/α,β-unsaturated/α-hetero) is 1. The van der Waals surface area contributed by atoms with Crippen molar-refractivity contribution in [2.45, 2.75) is 39.7 Å². The Morgan fingerprint density at radius 1 is 1.29 bits per heavy atom. The number of hydrogen-bond acceptors (Lipinski definition) is 4. The molecule has 1 aromatic carbocycles. The molecule has 4 nitrogen and oxygen atoms in total. The van der Waals surface area contributed by atoms with E-state index in [9.17, 15) is 9.59 Å². The Morgan fingerprint density at radius 3 is 2.58 bits per heavy atom. The van der Waals surface area contributed by atoms with Crippen LogP contribution in [0.5, 0.6) is 0 Å². The lowest BCUT2D eigenvalue weighted by molar-refractivity contribution is -0.148. The summed E-state index contributed by atoms with van der Waals surface area (Å²) in [5.74, 6) is 2.28. The van der Waals surface area contributed by atoms with Gasteiger partial charge in [-0.25, -0.2) is 0 Å². The molecule has 0 atom stereocenters. The van der Waals surface area contributed by atoms with Crippen LogP contribution in [-0.2, 0) is 14.3 Å². The Kier molecular flexibility index (Phi) is 6.10. The van der Waals surface area contributed by atoms with Crippen molar-refractivity contribution >= 4 is 29.0 Å². The summed E-state index contributed by atoms with van der Waals surface area (Å²) in [5.41, 5.74) is 0.465. The second kappa shape index (κ2) is 7.88. The zero-order valence-electron chi connectivity index (χ0n) is 14.8. The molecule has 1 aliphatic heterocycles. The highest BCUT2D eigenvalue weighted by Gasteiger charge is 2.41. The summed E-state index contributed by atoms with van der Waals surface area (Å²) in [4.78, 5) is 27.2. The van der Waals surface area contributed by atoms with Gasteiger partial charge in [-0.2, -0.15) is 11.8 Å². The first-order valence-corrected chi connectivity index (χ1v) is 9.37. The number of amides is 1. The molecule has 0 N–H and O–H groups in total. The second-order valence-electron chi connectivity index (χ2n) is 6.23. The predicted molar refractivity (Wildman–Crippen MR) is 98.5 cm³/mol. The van der Waals surface area contributed by atoms with E-state index in [2.05, 4.69) is 6.92 Å². The van der Waals surface area contributed by atoms with Gasteiger partial charge >= 0.3 is 0 Å². The van der Waals surface area contributed by atoms with Gasteiger partial charge in [0, 0.05) is 12.2 Å². The summed E-state index contributed by atoms with van der Waals surface area (Å²) >= 11 is 1.73. The zero-order chi connectivity index (χ0) is 17.7. The van der Waals surface area contributed by atoms with Gasteiger partial charge in [-0.05, 0) is 32.1 Å². The van der Waals surface area contributed by atoms with Crippen LogP contribution < -0.4 is 0 Å². The van der Waals surface area contributed by atoms with Gasteiger partial charge in [0.05, 0.1) is 11.1 Å². The summed E-state index contributed by atoms with van der Waals surface area (Å²) in [6.45, 7) is 7.58. The summed E-state index contributed by atoms with van der Waals surface area (Å²) in [6.07, 6.45) is 0.457. The Balaban J connectivity index is 2.24. The molecule has 0 radical (unpaired) electrons. The van der Waals surface area contributed by atoms with Crippen molar-refractivity contribution in [3.8, 4) is 0 Å². The maximum Gasteiger partial charge on any atom is 0.261 e. The van der Waals surface area contributed by atoms with Crippen molar-refractivity contribution < 1.29 is 14.3 Å². The van der Waals surface area contributed by atoms with Crippen LogP contribution in [-0.4, -0.2) is 40.4 Å². The van der Waals surface area contributed by atoms with E-state index in [-0.39, 0.29) is 18.4 Å². The van der Waals surface area contributed by atoms with Gasteiger partial charge in [0.2, 0.25) is 0 Å². The van der Waals surface area contributed by atoms with Gasteiger partial charge in [-0.15, -0.1) is 0 Å². The normalized spacial score (nSPS) is 15.5. The second-order valence-corrected chi connectivity index (χ2v) is 7.63. The van der Waals surface area contributed by atoms with Crippen molar-refractivity contribution in [3.05, 3.63) is 41.7 Å². The van der Waals surface area contributed by atoms with E-state index in [1.54, 1.807) is 37.4 Å². The molecule has 0 unspecified atom stereocenters. The first kappa shape index (κ1) is 18.6. The van der Waals surface area contributed by atoms with Crippen molar-refractivity contribution in [2.24, 2.45) is 0 Å². The van der Waals surface area contributed by atoms with Crippen LogP contribution in [0.2, 0.25) is 0 Å². The topological polar surface area (TPSA) is 46.6 Å². The third-order valence-corrected chi connectivity index (χ3v) is 5.22. The fourth-order valence-corrected chi connectivity index (χ4v) is 3.31. The number of thioether (sulfide) groups is 1. The minimum Gasteiger partial charge on any atom is -0.477 e. The molecule has 0 fully saturated rings. The zero-order valence-corrected chi connectivity index (χ0v) is 15.6. The quantitative estimate of drug-likeness (QED) is 0.705. The van der Waals surface area contributed by atoms with Gasteiger partial charge < -0.3 is 4.74 Å². The van der Waals surface area contributed by atoms with Crippen LogP contribution >= 0.6 is 11.8 Å². The van der Waals surface area contributed by atoms with E-state index >= 15 is 0 Å².